The maximum Gasteiger partial charge on any atom is 0.282 e. The highest BCUT2D eigenvalue weighted by atomic mass is 16.5. The summed E-state index contributed by atoms with van der Waals surface area (Å²) in [6, 6.07) is 11.8. The van der Waals surface area contributed by atoms with E-state index >= 15 is 0 Å². The second-order valence-corrected chi connectivity index (χ2v) is 6.58. The Morgan fingerprint density at radius 2 is 1.53 bits per heavy atom. The number of anilines is 1. The molecule has 158 valence electrons. The molecule has 2 aromatic carbocycles. The number of aliphatic hydroxyl groups is 1. The molecule has 30 heavy (non-hydrogen) atoms. The van der Waals surface area contributed by atoms with Crippen molar-refractivity contribution >= 4 is 23.1 Å². The van der Waals surface area contributed by atoms with Gasteiger partial charge >= 0.3 is 0 Å². The molecule has 0 fully saturated rings. The molecule has 2 amide bonds. The van der Waals surface area contributed by atoms with Crippen molar-refractivity contribution in [1.82, 2.24) is 4.90 Å². The van der Waals surface area contributed by atoms with Crippen LogP contribution in [0, 0.1) is 0 Å². The summed E-state index contributed by atoms with van der Waals surface area (Å²) in [6.45, 7) is 0.0247. The van der Waals surface area contributed by atoms with Crippen molar-refractivity contribution in [2.24, 2.45) is 0 Å². The van der Waals surface area contributed by atoms with E-state index in [1.165, 1.54) is 14.2 Å². The standard InChI is InChI=1S/C22H24N2O6/c1-23(11-12-25)20-19(14-5-7-15(28-2)8-6-14)21(26)24(22(20)27)17-13-16(29-3)9-10-18(17)30-4/h5-10,13,25H,11-12H2,1-4H3. The Hall–Kier alpha value is -3.52. The summed E-state index contributed by atoms with van der Waals surface area (Å²) in [4.78, 5) is 29.5. The van der Waals surface area contributed by atoms with Crippen LogP contribution in [0.3, 0.4) is 0 Å². The van der Waals surface area contributed by atoms with Crippen molar-refractivity contribution < 1.29 is 28.9 Å². The summed E-state index contributed by atoms with van der Waals surface area (Å²) in [7, 11) is 6.18. The number of nitrogens with zero attached hydrogens (tertiary/aromatic N) is 2. The molecule has 0 spiro atoms. The zero-order chi connectivity index (χ0) is 21.8. The van der Waals surface area contributed by atoms with E-state index in [9.17, 15) is 14.7 Å². The lowest BCUT2D eigenvalue weighted by molar-refractivity contribution is -0.120. The molecular weight excluding hydrogens is 388 g/mol. The number of benzene rings is 2. The molecule has 1 aliphatic rings. The number of likely N-dealkylation sites (N-methyl/N-ethyl adjacent to an activating group) is 1. The summed E-state index contributed by atoms with van der Waals surface area (Å²) in [5.74, 6) is 0.477. The Morgan fingerprint density at radius 1 is 0.900 bits per heavy atom. The van der Waals surface area contributed by atoms with Crippen molar-refractivity contribution in [1.29, 1.82) is 0 Å². The Balaban J connectivity index is 2.15. The van der Waals surface area contributed by atoms with Crippen LogP contribution in [0.4, 0.5) is 5.69 Å². The number of carbonyl (C=O) groups is 2. The number of ether oxygens (including phenoxy) is 3. The van der Waals surface area contributed by atoms with Gasteiger partial charge in [0.2, 0.25) is 0 Å². The summed E-state index contributed by atoms with van der Waals surface area (Å²) in [6.07, 6.45) is 0. The van der Waals surface area contributed by atoms with E-state index in [0.717, 1.165) is 4.90 Å². The third-order valence-corrected chi connectivity index (χ3v) is 4.88. The second-order valence-electron chi connectivity index (χ2n) is 6.58. The predicted molar refractivity (Wildman–Crippen MR) is 112 cm³/mol. The zero-order valence-electron chi connectivity index (χ0n) is 17.3. The van der Waals surface area contributed by atoms with Crippen LogP contribution in [-0.2, 0) is 9.59 Å². The highest BCUT2D eigenvalue weighted by Gasteiger charge is 2.42. The molecule has 0 aromatic heterocycles. The maximum atomic E-state index is 13.5. The molecule has 1 N–H and O–H groups in total. The molecule has 8 nitrogen and oxygen atoms in total. The van der Waals surface area contributed by atoms with Gasteiger partial charge in [-0.15, -0.1) is 0 Å². The minimum atomic E-state index is -0.506. The van der Waals surface area contributed by atoms with Gasteiger partial charge in [-0.1, -0.05) is 12.1 Å². The van der Waals surface area contributed by atoms with E-state index in [1.54, 1.807) is 61.5 Å². The Morgan fingerprint density at radius 3 is 2.10 bits per heavy atom. The number of hydrogen-bond donors (Lipinski definition) is 1. The lowest BCUT2D eigenvalue weighted by Crippen LogP contribution is -2.35. The number of rotatable bonds is 8. The SMILES string of the molecule is COc1ccc(C2=C(N(C)CCO)C(=O)N(c3cc(OC)ccc3OC)C2=O)cc1. The molecule has 0 bridgehead atoms. The van der Waals surface area contributed by atoms with E-state index in [2.05, 4.69) is 0 Å². The van der Waals surface area contributed by atoms with Gasteiger partial charge in [0, 0.05) is 19.7 Å². The van der Waals surface area contributed by atoms with Crippen molar-refractivity contribution in [3.05, 3.63) is 53.7 Å². The van der Waals surface area contributed by atoms with Gasteiger partial charge in [0.1, 0.15) is 22.9 Å². The van der Waals surface area contributed by atoms with Crippen molar-refractivity contribution in [3.8, 4) is 17.2 Å². The first-order valence-corrected chi connectivity index (χ1v) is 9.28. The van der Waals surface area contributed by atoms with Gasteiger partial charge in [-0.25, -0.2) is 4.90 Å². The van der Waals surface area contributed by atoms with Gasteiger partial charge in [-0.3, -0.25) is 9.59 Å². The van der Waals surface area contributed by atoms with Crippen molar-refractivity contribution in [3.63, 3.8) is 0 Å². The van der Waals surface area contributed by atoms with Gasteiger partial charge in [0.05, 0.1) is 39.2 Å². The van der Waals surface area contributed by atoms with Crippen LogP contribution < -0.4 is 19.1 Å². The highest BCUT2D eigenvalue weighted by Crippen LogP contribution is 2.40. The van der Waals surface area contributed by atoms with E-state index in [-0.39, 0.29) is 30.1 Å². The molecule has 0 unspecified atom stereocenters. The Labute approximate surface area is 174 Å². The first-order chi connectivity index (χ1) is 14.5. The van der Waals surface area contributed by atoms with Crippen molar-refractivity contribution in [2.75, 3.05) is 46.4 Å². The Kier molecular flexibility index (Phi) is 6.27. The number of amides is 2. The normalized spacial score (nSPS) is 13.7. The monoisotopic (exact) mass is 412 g/mol. The van der Waals surface area contributed by atoms with Crippen LogP contribution >= 0.6 is 0 Å². The average molecular weight is 412 g/mol. The van der Waals surface area contributed by atoms with E-state index in [1.807, 2.05) is 0 Å². The number of aliphatic hydroxyl groups excluding tert-OH is 1. The molecule has 1 heterocycles. The van der Waals surface area contributed by atoms with Gasteiger partial charge in [0.25, 0.3) is 11.8 Å². The van der Waals surface area contributed by atoms with Crippen LogP contribution in [0.2, 0.25) is 0 Å². The fourth-order valence-electron chi connectivity index (χ4n) is 3.34. The molecule has 0 atom stereocenters. The van der Waals surface area contributed by atoms with Gasteiger partial charge in [0.15, 0.2) is 0 Å². The molecule has 0 saturated carbocycles. The first-order valence-electron chi connectivity index (χ1n) is 9.28. The molecular formula is C22H24N2O6. The summed E-state index contributed by atoms with van der Waals surface area (Å²) in [5, 5.41) is 9.38. The first kappa shape index (κ1) is 21.2. The van der Waals surface area contributed by atoms with Crippen LogP contribution in [0.1, 0.15) is 5.56 Å². The Bertz CT molecular complexity index is 984. The fourth-order valence-corrected chi connectivity index (χ4v) is 3.34. The number of carbonyl (C=O) groups excluding carboxylic acids is 2. The lowest BCUT2D eigenvalue weighted by atomic mass is 10.0. The third-order valence-electron chi connectivity index (χ3n) is 4.88. The minimum absolute atomic E-state index is 0.167. The minimum Gasteiger partial charge on any atom is -0.497 e. The summed E-state index contributed by atoms with van der Waals surface area (Å²) in [5.41, 5.74) is 1.29. The largest absolute Gasteiger partial charge is 0.497 e. The van der Waals surface area contributed by atoms with Crippen LogP contribution in [0.5, 0.6) is 17.2 Å². The van der Waals surface area contributed by atoms with Gasteiger partial charge < -0.3 is 24.2 Å². The second kappa shape index (κ2) is 8.87. The molecule has 2 aromatic rings. The summed E-state index contributed by atoms with van der Waals surface area (Å²) < 4.78 is 15.8. The maximum absolute atomic E-state index is 13.5. The summed E-state index contributed by atoms with van der Waals surface area (Å²) >= 11 is 0. The number of hydrogen-bond acceptors (Lipinski definition) is 7. The van der Waals surface area contributed by atoms with E-state index in [4.69, 9.17) is 14.2 Å². The quantitative estimate of drug-likeness (QED) is 0.663. The van der Waals surface area contributed by atoms with Gasteiger partial charge in [-0.2, -0.15) is 0 Å². The van der Waals surface area contributed by atoms with Crippen LogP contribution in [0.25, 0.3) is 5.57 Å². The third kappa shape index (κ3) is 3.69. The number of imide groups is 1. The molecule has 0 radical (unpaired) electrons. The van der Waals surface area contributed by atoms with Crippen LogP contribution in [0.15, 0.2) is 48.2 Å². The molecule has 3 rings (SSSR count). The fraction of sp³-hybridized carbons (Fsp3) is 0.273. The number of methoxy groups -OCH3 is 3. The van der Waals surface area contributed by atoms with E-state index < -0.39 is 11.8 Å². The average Bonchev–Trinajstić information content (AvgIpc) is 3.03. The van der Waals surface area contributed by atoms with E-state index in [0.29, 0.717) is 22.8 Å². The van der Waals surface area contributed by atoms with Gasteiger partial charge in [-0.05, 0) is 29.8 Å². The molecule has 1 aliphatic heterocycles. The van der Waals surface area contributed by atoms with Crippen molar-refractivity contribution in [2.45, 2.75) is 0 Å². The highest BCUT2D eigenvalue weighted by molar-refractivity contribution is 6.45. The predicted octanol–water partition coefficient (Wildman–Crippen LogP) is 1.92. The molecule has 0 saturated heterocycles. The topological polar surface area (TPSA) is 88.5 Å². The lowest BCUT2D eigenvalue weighted by Gasteiger charge is -2.21. The molecule has 8 heteroatoms. The van der Waals surface area contributed by atoms with Crippen LogP contribution in [-0.4, -0.2) is 63.3 Å². The smallest absolute Gasteiger partial charge is 0.282 e. The zero-order valence-corrected chi connectivity index (χ0v) is 17.3. The molecule has 0 aliphatic carbocycles.